The van der Waals surface area contributed by atoms with Crippen LogP contribution in [0.15, 0.2) is 65.6 Å². The van der Waals surface area contributed by atoms with Crippen molar-refractivity contribution in [3.8, 4) is 0 Å². The lowest BCUT2D eigenvalue weighted by atomic mass is 10.2. The van der Waals surface area contributed by atoms with Crippen LogP contribution in [-0.2, 0) is 10.0 Å². The fraction of sp³-hybridized carbons (Fsp3) is 0.0952. The van der Waals surface area contributed by atoms with E-state index in [1.165, 1.54) is 18.2 Å². The van der Waals surface area contributed by atoms with Crippen molar-refractivity contribution in [2.45, 2.75) is 11.8 Å². The highest BCUT2D eigenvalue weighted by Gasteiger charge is 2.28. The minimum Gasteiger partial charge on any atom is -0.319 e. The van der Waals surface area contributed by atoms with Crippen molar-refractivity contribution < 1.29 is 17.6 Å². The second-order valence-electron chi connectivity index (χ2n) is 6.35. The van der Waals surface area contributed by atoms with E-state index in [9.17, 15) is 17.6 Å². The van der Waals surface area contributed by atoms with Gasteiger partial charge in [-0.2, -0.15) is 0 Å². The maximum atomic E-state index is 14.0. The van der Waals surface area contributed by atoms with Gasteiger partial charge in [-0.15, -0.1) is 0 Å². The lowest BCUT2D eigenvalue weighted by molar-refractivity contribution is 0.102. The molecule has 0 spiro atoms. The number of sulfonamides is 1. The van der Waals surface area contributed by atoms with E-state index in [2.05, 4.69) is 5.32 Å². The second-order valence-corrected chi connectivity index (χ2v) is 9.43. The SMILES string of the molecule is CCN(c1ccccc1)S(=O)(=O)c1cc(C(=O)Nc2ccc(Cl)cc2F)c(Cl)cc1Cl. The Morgan fingerprint density at radius 1 is 1.00 bits per heavy atom. The average molecular weight is 502 g/mol. The monoisotopic (exact) mass is 500 g/mol. The van der Waals surface area contributed by atoms with Crippen LogP contribution in [0.4, 0.5) is 15.8 Å². The van der Waals surface area contributed by atoms with Gasteiger partial charge in [0.05, 0.1) is 27.0 Å². The van der Waals surface area contributed by atoms with Crippen molar-refractivity contribution in [2.24, 2.45) is 0 Å². The Labute approximate surface area is 194 Å². The summed E-state index contributed by atoms with van der Waals surface area (Å²) in [5.41, 5.74) is 0.123. The molecule has 1 N–H and O–H groups in total. The molecule has 5 nitrogen and oxygen atoms in total. The molecule has 0 aromatic heterocycles. The molecule has 3 aromatic rings. The molecule has 1 amide bonds. The number of hydrogen-bond donors (Lipinski definition) is 1. The van der Waals surface area contributed by atoms with Gasteiger partial charge in [-0.25, -0.2) is 12.8 Å². The van der Waals surface area contributed by atoms with Crippen LogP contribution in [0, 0.1) is 5.82 Å². The zero-order valence-corrected chi connectivity index (χ0v) is 19.2. The summed E-state index contributed by atoms with van der Waals surface area (Å²) in [5.74, 6) is -1.55. The molecule has 0 unspecified atom stereocenters. The molecule has 0 aliphatic carbocycles. The van der Waals surface area contributed by atoms with E-state index in [-0.39, 0.29) is 37.8 Å². The zero-order valence-electron chi connectivity index (χ0n) is 16.1. The molecular weight excluding hydrogens is 486 g/mol. The number of anilines is 2. The molecule has 0 saturated heterocycles. The number of rotatable bonds is 6. The van der Waals surface area contributed by atoms with Gasteiger partial charge in [0, 0.05) is 11.6 Å². The van der Waals surface area contributed by atoms with Gasteiger partial charge in [-0.1, -0.05) is 53.0 Å². The molecule has 162 valence electrons. The summed E-state index contributed by atoms with van der Waals surface area (Å²) in [6.07, 6.45) is 0. The first kappa shape index (κ1) is 23.3. The third-order valence-electron chi connectivity index (χ3n) is 4.34. The predicted molar refractivity (Wildman–Crippen MR) is 122 cm³/mol. The minimum absolute atomic E-state index is 0.0846. The van der Waals surface area contributed by atoms with Crippen LogP contribution >= 0.6 is 34.8 Å². The van der Waals surface area contributed by atoms with E-state index >= 15 is 0 Å². The molecule has 0 aliphatic rings. The quantitative estimate of drug-likeness (QED) is 0.434. The highest BCUT2D eigenvalue weighted by Crippen LogP contribution is 2.33. The molecule has 0 bridgehead atoms. The first-order chi connectivity index (χ1) is 14.6. The topological polar surface area (TPSA) is 66.5 Å². The summed E-state index contributed by atoms with van der Waals surface area (Å²) in [7, 11) is -4.12. The summed E-state index contributed by atoms with van der Waals surface area (Å²) in [6, 6.07) is 14.4. The van der Waals surface area contributed by atoms with E-state index in [0.29, 0.717) is 5.69 Å². The lowest BCUT2D eigenvalue weighted by Crippen LogP contribution is -2.31. The van der Waals surface area contributed by atoms with Gasteiger partial charge in [0.15, 0.2) is 0 Å². The normalized spacial score (nSPS) is 11.3. The molecule has 0 saturated carbocycles. The second kappa shape index (κ2) is 9.44. The van der Waals surface area contributed by atoms with Crippen LogP contribution in [0.5, 0.6) is 0 Å². The molecule has 31 heavy (non-hydrogen) atoms. The number of amides is 1. The van der Waals surface area contributed by atoms with Crippen LogP contribution < -0.4 is 9.62 Å². The minimum atomic E-state index is -4.12. The fourth-order valence-electron chi connectivity index (χ4n) is 2.89. The van der Waals surface area contributed by atoms with Gasteiger partial charge in [0.2, 0.25) is 0 Å². The van der Waals surface area contributed by atoms with Crippen molar-refractivity contribution in [1.82, 2.24) is 0 Å². The van der Waals surface area contributed by atoms with Crippen molar-refractivity contribution in [3.63, 3.8) is 0 Å². The predicted octanol–water partition coefficient (Wildman–Crippen LogP) is 6.25. The molecule has 3 rings (SSSR count). The summed E-state index contributed by atoms with van der Waals surface area (Å²) in [4.78, 5) is 12.4. The average Bonchev–Trinajstić information content (AvgIpc) is 2.71. The summed E-state index contributed by atoms with van der Waals surface area (Å²) >= 11 is 18.0. The lowest BCUT2D eigenvalue weighted by Gasteiger charge is -2.24. The Bertz CT molecular complexity index is 1240. The highest BCUT2D eigenvalue weighted by molar-refractivity contribution is 7.93. The van der Waals surface area contributed by atoms with E-state index in [0.717, 1.165) is 16.4 Å². The van der Waals surface area contributed by atoms with Gasteiger partial charge in [-0.05, 0) is 49.4 Å². The fourth-order valence-corrected chi connectivity index (χ4v) is 5.35. The van der Waals surface area contributed by atoms with E-state index in [1.54, 1.807) is 37.3 Å². The van der Waals surface area contributed by atoms with Crippen LogP contribution in [0.2, 0.25) is 15.1 Å². The van der Waals surface area contributed by atoms with Crippen LogP contribution in [0.25, 0.3) is 0 Å². The number of para-hydroxylation sites is 1. The molecule has 0 fully saturated rings. The maximum absolute atomic E-state index is 14.0. The number of nitrogens with zero attached hydrogens (tertiary/aromatic N) is 1. The van der Waals surface area contributed by atoms with Crippen molar-refractivity contribution in [3.05, 3.63) is 87.1 Å². The summed E-state index contributed by atoms with van der Waals surface area (Å²) in [5, 5.41) is 2.29. The number of hydrogen-bond acceptors (Lipinski definition) is 3. The van der Waals surface area contributed by atoms with Gasteiger partial charge < -0.3 is 5.32 Å². The Balaban J connectivity index is 2.03. The number of halogens is 4. The van der Waals surface area contributed by atoms with Gasteiger partial charge in [0.1, 0.15) is 10.7 Å². The zero-order chi connectivity index (χ0) is 22.8. The molecule has 0 aliphatic heterocycles. The highest BCUT2D eigenvalue weighted by atomic mass is 35.5. The van der Waals surface area contributed by atoms with E-state index < -0.39 is 21.7 Å². The van der Waals surface area contributed by atoms with Crippen LogP contribution in [0.3, 0.4) is 0 Å². The Hall–Kier alpha value is -2.32. The molecule has 0 heterocycles. The molecular formula is C21H16Cl3FN2O3S. The Kier molecular flexibility index (Phi) is 7.11. The van der Waals surface area contributed by atoms with Gasteiger partial charge in [-0.3, -0.25) is 9.10 Å². The number of carbonyl (C=O) groups excluding carboxylic acids is 1. The maximum Gasteiger partial charge on any atom is 0.265 e. The Morgan fingerprint density at radius 2 is 1.68 bits per heavy atom. The number of carbonyl (C=O) groups is 1. The van der Waals surface area contributed by atoms with Gasteiger partial charge >= 0.3 is 0 Å². The molecule has 3 aromatic carbocycles. The van der Waals surface area contributed by atoms with Crippen molar-refractivity contribution in [2.75, 3.05) is 16.2 Å². The van der Waals surface area contributed by atoms with E-state index in [1.807, 2.05) is 0 Å². The Morgan fingerprint density at radius 3 is 2.29 bits per heavy atom. The standard InChI is InChI=1S/C21H16Cl3FN2O3S/c1-2-27(14-6-4-3-5-7-14)31(29,30)20-11-15(16(23)12-17(20)24)21(28)26-19-9-8-13(22)10-18(19)25/h3-12H,2H2,1H3,(H,26,28). The third kappa shape index (κ3) is 4.96. The first-order valence-electron chi connectivity index (χ1n) is 8.98. The molecule has 0 radical (unpaired) electrons. The van der Waals surface area contributed by atoms with Crippen molar-refractivity contribution in [1.29, 1.82) is 0 Å². The molecule has 10 heteroatoms. The van der Waals surface area contributed by atoms with E-state index in [4.69, 9.17) is 34.8 Å². The smallest absolute Gasteiger partial charge is 0.265 e. The van der Waals surface area contributed by atoms with Crippen molar-refractivity contribution >= 4 is 62.1 Å². The molecule has 0 atom stereocenters. The van der Waals surface area contributed by atoms with Crippen LogP contribution in [-0.4, -0.2) is 20.9 Å². The van der Waals surface area contributed by atoms with Crippen LogP contribution in [0.1, 0.15) is 17.3 Å². The summed E-state index contributed by atoms with van der Waals surface area (Å²) < 4.78 is 41.8. The van der Waals surface area contributed by atoms with Gasteiger partial charge in [0.25, 0.3) is 15.9 Å². The summed E-state index contributed by atoms with van der Waals surface area (Å²) in [6.45, 7) is 1.80. The third-order valence-corrected chi connectivity index (χ3v) is 7.26. The number of nitrogens with one attached hydrogen (secondary N) is 1. The first-order valence-corrected chi connectivity index (χ1v) is 11.6. The largest absolute Gasteiger partial charge is 0.319 e. The number of benzene rings is 3.